The first-order valence-corrected chi connectivity index (χ1v) is 10.2. The van der Waals surface area contributed by atoms with Gasteiger partial charge >= 0.3 is 0 Å². The van der Waals surface area contributed by atoms with Gasteiger partial charge in [-0.25, -0.2) is 0 Å². The van der Waals surface area contributed by atoms with Gasteiger partial charge in [0.05, 0.1) is 11.1 Å². The SMILES string of the molecule is Cc1ccccc1/C=C1\Oc2c(ccc3c2CN(C2CCCCC2)CO3)C1=O. The Kier molecular flexibility index (Phi) is 4.44. The van der Waals surface area contributed by atoms with Gasteiger partial charge in [0.2, 0.25) is 5.78 Å². The van der Waals surface area contributed by atoms with E-state index >= 15 is 0 Å². The summed E-state index contributed by atoms with van der Waals surface area (Å²) in [5, 5.41) is 0. The van der Waals surface area contributed by atoms with Crippen LogP contribution in [-0.4, -0.2) is 23.5 Å². The van der Waals surface area contributed by atoms with Crippen molar-refractivity contribution >= 4 is 11.9 Å². The van der Waals surface area contributed by atoms with E-state index in [2.05, 4.69) is 4.90 Å². The van der Waals surface area contributed by atoms with Crippen LogP contribution in [0.25, 0.3) is 6.08 Å². The van der Waals surface area contributed by atoms with Crippen LogP contribution in [0.2, 0.25) is 0 Å². The number of rotatable bonds is 2. The number of carbonyl (C=O) groups is 1. The molecule has 0 spiro atoms. The summed E-state index contributed by atoms with van der Waals surface area (Å²) in [6.07, 6.45) is 8.23. The summed E-state index contributed by atoms with van der Waals surface area (Å²) < 4.78 is 12.2. The second-order valence-electron chi connectivity index (χ2n) is 8.03. The monoisotopic (exact) mass is 375 g/mol. The van der Waals surface area contributed by atoms with Gasteiger partial charge in [-0.05, 0) is 49.1 Å². The molecule has 144 valence electrons. The van der Waals surface area contributed by atoms with Crippen molar-refractivity contribution in [2.75, 3.05) is 6.73 Å². The highest BCUT2D eigenvalue weighted by Gasteiger charge is 2.35. The molecular weight excluding hydrogens is 350 g/mol. The molecule has 1 saturated carbocycles. The number of benzene rings is 2. The zero-order valence-electron chi connectivity index (χ0n) is 16.2. The van der Waals surface area contributed by atoms with E-state index in [1.54, 1.807) is 0 Å². The van der Waals surface area contributed by atoms with Crippen LogP contribution in [0.15, 0.2) is 42.2 Å². The third-order valence-electron chi connectivity index (χ3n) is 6.21. The Morgan fingerprint density at radius 3 is 2.71 bits per heavy atom. The van der Waals surface area contributed by atoms with Gasteiger partial charge in [-0.1, -0.05) is 43.5 Å². The fourth-order valence-corrected chi connectivity index (χ4v) is 4.55. The van der Waals surface area contributed by atoms with E-state index in [1.807, 2.05) is 49.4 Å². The Bertz CT molecular complexity index is 956. The van der Waals surface area contributed by atoms with Crippen molar-refractivity contribution in [3.8, 4) is 11.5 Å². The number of carbonyl (C=O) groups excluding carboxylic acids is 1. The van der Waals surface area contributed by atoms with E-state index in [0.717, 1.165) is 29.0 Å². The number of aryl methyl sites for hydroxylation is 1. The Morgan fingerprint density at radius 2 is 1.89 bits per heavy atom. The minimum absolute atomic E-state index is 0.0455. The highest BCUT2D eigenvalue weighted by Crippen LogP contribution is 2.43. The predicted octanol–water partition coefficient (Wildman–Crippen LogP) is 5.10. The van der Waals surface area contributed by atoms with Crippen LogP contribution in [0.3, 0.4) is 0 Å². The smallest absolute Gasteiger partial charge is 0.231 e. The summed E-state index contributed by atoms with van der Waals surface area (Å²) in [7, 11) is 0. The zero-order chi connectivity index (χ0) is 19.1. The molecule has 1 aliphatic carbocycles. The van der Waals surface area contributed by atoms with E-state index < -0.39 is 0 Å². The standard InChI is InChI=1S/C24H25NO3/c1-16-7-5-6-8-17(16)13-22-23(26)19-11-12-21-20(24(19)28-22)14-25(15-27-21)18-9-3-2-4-10-18/h5-8,11-13,18H,2-4,9-10,14-15H2,1H3/b22-13-. The highest BCUT2D eigenvalue weighted by atomic mass is 16.5. The van der Waals surface area contributed by atoms with Gasteiger partial charge in [0.15, 0.2) is 5.76 Å². The number of Topliss-reactive ketones (excluding diaryl/α,β-unsaturated/α-hetero) is 1. The number of hydrogen-bond donors (Lipinski definition) is 0. The van der Waals surface area contributed by atoms with Crippen molar-refractivity contribution in [2.24, 2.45) is 0 Å². The normalized spacial score (nSPS) is 21.2. The van der Waals surface area contributed by atoms with Gasteiger partial charge in [0, 0.05) is 12.6 Å². The maximum Gasteiger partial charge on any atom is 0.231 e. The molecule has 3 aliphatic rings. The number of fused-ring (bicyclic) bond motifs is 3. The van der Waals surface area contributed by atoms with Crippen molar-refractivity contribution in [2.45, 2.75) is 51.6 Å². The second kappa shape index (κ2) is 7.10. The quantitative estimate of drug-likeness (QED) is 0.685. The van der Waals surface area contributed by atoms with Crippen molar-refractivity contribution in [3.05, 3.63) is 64.4 Å². The molecule has 0 N–H and O–H groups in total. The van der Waals surface area contributed by atoms with Crippen LogP contribution in [0.1, 0.15) is 59.2 Å². The topological polar surface area (TPSA) is 38.8 Å². The van der Waals surface area contributed by atoms with Crippen LogP contribution in [0.5, 0.6) is 11.5 Å². The van der Waals surface area contributed by atoms with Crippen LogP contribution < -0.4 is 9.47 Å². The zero-order valence-corrected chi connectivity index (χ0v) is 16.2. The number of ketones is 1. The van der Waals surface area contributed by atoms with Crippen LogP contribution in [0.4, 0.5) is 0 Å². The summed E-state index contributed by atoms with van der Waals surface area (Å²) in [6, 6.07) is 12.3. The molecule has 0 unspecified atom stereocenters. The Morgan fingerprint density at radius 1 is 1.07 bits per heavy atom. The van der Waals surface area contributed by atoms with Crippen molar-refractivity contribution < 1.29 is 14.3 Å². The third kappa shape index (κ3) is 3.02. The molecule has 0 bridgehead atoms. The lowest BCUT2D eigenvalue weighted by atomic mass is 9.93. The molecule has 0 amide bonds. The molecule has 4 heteroatoms. The predicted molar refractivity (Wildman–Crippen MR) is 108 cm³/mol. The number of hydrogen-bond acceptors (Lipinski definition) is 4. The minimum atomic E-state index is -0.0455. The Labute approximate surface area is 165 Å². The molecule has 4 nitrogen and oxygen atoms in total. The minimum Gasteiger partial charge on any atom is -0.478 e. The van der Waals surface area contributed by atoms with Gasteiger partial charge in [0.25, 0.3) is 0 Å². The summed E-state index contributed by atoms with van der Waals surface area (Å²) in [5.74, 6) is 1.88. The third-order valence-corrected chi connectivity index (χ3v) is 6.21. The first-order chi connectivity index (χ1) is 13.7. The summed E-state index contributed by atoms with van der Waals surface area (Å²) in [5.41, 5.74) is 3.78. The van der Waals surface area contributed by atoms with Gasteiger partial charge in [-0.3, -0.25) is 9.69 Å². The molecule has 0 atom stereocenters. The fourth-order valence-electron chi connectivity index (χ4n) is 4.55. The lowest BCUT2D eigenvalue weighted by Crippen LogP contribution is -2.41. The Balaban J connectivity index is 1.46. The average Bonchev–Trinajstić information content (AvgIpc) is 3.06. The highest BCUT2D eigenvalue weighted by molar-refractivity contribution is 6.15. The molecule has 2 heterocycles. The number of nitrogens with zero attached hydrogens (tertiary/aromatic N) is 1. The van der Waals surface area contributed by atoms with Gasteiger partial charge in [-0.15, -0.1) is 0 Å². The van der Waals surface area contributed by atoms with E-state index in [9.17, 15) is 4.79 Å². The number of allylic oxidation sites excluding steroid dienone is 1. The van der Waals surface area contributed by atoms with Gasteiger partial charge in [0.1, 0.15) is 18.2 Å². The molecule has 2 aromatic rings. The van der Waals surface area contributed by atoms with Crippen molar-refractivity contribution in [3.63, 3.8) is 0 Å². The molecule has 5 rings (SSSR count). The molecule has 1 fully saturated rings. The van der Waals surface area contributed by atoms with Gasteiger partial charge in [-0.2, -0.15) is 0 Å². The van der Waals surface area contributed by atoms with Crippen LogP contribution >= 0.6 is 0 Å². The van der Waals surface area contributed by atoms with E-state index in [-0.39, 0.29) is 5.78 Å². The fraction of sp³-hybridized carbons (Fsp3) is 0.375. The Hall–Kier alpha value is -2.59. The second-order valence-corrected chi connectivity index (χ2v) is 8.03. The molecule has 2 aliphatic heterocycles. The lowest BCUT2D eigenvalue weighted by molar-refractivity contribution is 0.0394. The number of ether oxygens (including phenoxy) is 2. The maximum absolute atomic E-state index is 12.9. The largest absolute Gasteiger partial charge is 0.478 e. The molecule has 0 aromatic heterocycles. The summed E-state index contributed by atoms with van der Waals surface area (Å²) >= 11 is 0. The first kappa shape index (κ1) is 17.5. The van der Waals surface area contributed by atoms with Crippen molar-refractivity contribution in [1.29, 1.82) is 0 Å². The van der Waals surface area contributed by atoms with E-state index in [4.69, 9.17) is 9.47 Å². The maximum atomic E-state index is 12.9. The summed E-state index contributed by atoms with van der Waals surface area (Å²) in [6.45, 7) is 3.45. The van der Waals surface area contributed by atoms with Crippen molar-refractivity contribution in [1.82, 2.24) is 4.90 Å². The molecule has 28 heavy (non-hydrogen) atoms. The van der Waals surface area contributed by atoms with Crippen LogP contribution in [-0.2, 0) is 6.54 Å². The average molecular weight is 375 g/mol. The van der Waals surface area contributed by atoms with Gasteiger partial charge < -0.3 is 9.47 Å². The molecular formula is C24H25NO3. The molecule has 0 radical (unpaired) electrons. The molecule has 0 saturated heterocycles. The lowest BCUT2D eigenvalue weighted by Gasteiger charge is -2.37. The summed E-state index contributed by atoms with van der Waals surface area (Å²) in [4.78, 5) is 15.3. The molecule has 2 aromatic carbocycles. The first-order valence-electron chi connectivity index (χ1n) is 10.2. The van der Waals surface area contributed by atoms with Crippen LogP contribution in [0, 0.1) is 6.92 Å². The van der Waals surface area contributed by atoms with E-state index in [1.165, 1.54) is 32.1 Å². The van der Waals surface area contributed by atoms with E-state index in [0.29, 0.717) is 29.8 Å².